The molecule has 0 aliphatic heterocycles. The predicted octanol–water partition coefficient (Wildman–Crippen LogP) is 4.23. The molecule has 3 N–H and O–H groups in total. The number of halogens is 1. The van der Waals surface area contributed by atoms with Crippen LogP contribution in [0.3, 0.4) is 0 Å². The molecular weight excluding hydrogens is 378 g/mol. The number of benzene rings is 2. The van der Waals surface area contributed by atoms with Gasteiger partial charge in [-0.25, -0.2) is 8.42 Å². The zero-order chi connectivity index (χ0) is 18.3. The van der Waals surface area contributed by atoms with E-state index in [1.165, 1.54) is 12.1 Å². The van der Waals surface area contributed by atoms with Gasteiger partial charge in [0.15, 0.2) is 5.11 Å². The fourth-order valence-electron chi connectivity index (χ4n) is 2.06. The van der Waals surface area contributed by atoms with Crippen LogP contribution in [0.1, 0.15) is 19.8 Å². The van der Waals surface area contributed by atoms with Crippen molar-refractivity contribution in [3.63, 3.8) is 0 Å². The summed E-state index contributed by atoms with van der Waals surface area (Å²) < 4.78 is 27.6. The van der Waals surface area contributed by atoms with E-state index in [0.717, 1.165) is 19.4 Å². The maximum absolute atomic E-state index is 12.5. The molecule has 5 nitrogen and oxygen atoms in total. The van der Waals surface area contributed by atoms with Crippen LogP contribution in [0, 0.1) is 0 Å². The average Bonchev–Trinajstić information content (AvgIpc) is 2.55. The molecule has 2 aromatic rings. The van der Waals surface area contributed by atoms with Crippen LogP contribution in [-0.2, 0) is 10.0 Å². The molecule has 0 bridgehead atoms. The van der Waals surface area contributed by atoms with E-state index in [4.69, 9.17) is 23.8 Å². The van der Waals surface area contributed by atoms with Gasteiger partial charge in [-0.1, -0.05) is 37.1 Å². The fraction of sp³-hybridized carbons (Fsp3) is 0.235. The van der Waals surface area contributed by atoms with Crippen LogP contribution in [-0.4, -0.2) is 20.1 Å². The molecule has 0 heterocycles. The van der Waals surface area contributed by atoms with E-state index in [0.29, 0.717) is 21.5 Å². The summed E-state index contributed by atoms with van der Waals surface area (Å²) in [6.07, 6.45) is 2.08. The lowest BCUT2D eigenvalue weighted by Gasteiger charge is -2.12. The SMILES string of the molecule is CCCCNC(=S)Nc1cccc(S(=O)(=O)Nc2cccc(Cl)c2)c1. The minimum absolute atomic E-state index is 0.133. The second-order valence-electron chi connectivity index (χ2n) is 5.38. The molecule has 25 heavy (non-hydrogen) atoms. The van der Waals surface area contributed by atoms with E-state index in [-0.39, 0.29) is 4.90 Å². The van der Waals surface area contributed by atoms with Crippen molar-refractivity contribution < 1.29 is 8.42 Å². The summed E-state index contributed by atoms with van der Waals surface area (Å²) in [7, 11) is -3.72. The smallest absolute Gasteiger partial charge is 0.261 e. The van der Waals surface area contributed by atoms with Crippen LogP contribution >= 0.6 is 23.8 Å². The summed E-state index contributed by atoms with van der Waals surface area (Å²) >= 11 is 11.1. The van der Waals surface area contributed by atoms with Gasteiger partial charge in [0.1, 0.15) is 0 Å². The molecule has 0 aliphatic carbocycles. The molecule has 134 valence electrons. The second kappa shape index (κ2) is 9.03. The molecular formula is C17H20ClN3O2S2. The average molecular weight is 398 g/mol. The highest BCUT2D eigenvalue weighted by atomic mass is 35.5. The highest BCUT2D eigenvalue weighted by molar-refractivity contribution is 7.92. The van der Waals surface area contributed by atoms with Crippen LogP contribution in [0.5, 0.6) is 0 Å². The number of hydrogen-bond donors (Lipinski definition) is 3. The molecule has 0 atom stereocenters. The topological polar surface area (TPSA) is 70.2 Å². The third-order valence-corrected chi connectivity index (χ3v) is 5.16. The van der Waals surface area contributed by atoms with Crippen molar-refractivity contribution >= 4 is 50.3 Å². The summed E-state index contributed by atoms with van der Waals surface area (Å²) in [5.74, 6) is 0. The number of hydrogen-bond acceptors (Lipinski definition) is 3. The zero-order valence-corrected chi connectivity index (χ0v) is 16.1. The molecule has 0 saturated heterocycles. The van der Waals surface area contributed by atoms with E-state index in [1.807, 2.05) is 0 Å². The molecule has 0 saturated carbocycles. The lowest BCUT2D eigenvalue weighted by Crippen LogP contribution is -2.29. The first kappa shape index (κ1) is 19.5. The highest BCUT2D eigenvalue weighted by Gasteiger charge is 2.15. The summed E-state index contributed by atoms with van der Waals surface area (Å²) in [5.41, 5.74) is 1.01. The Labute approximate surface area is 158 Å². The number of nitrogens with one attached hydrogen (secondary N) is 3. The third kappa shape index (κ3) is 6.19. The van der Waals surface area contributed by atoms with Gasteiger partial charge in [-0.05, 0) is 55.0 Å². The molecule has 0 unspecified atom stereocenters. The van der Waals surface area contributed by atoms with E-state index in [9.17, 15) is 8.42 Å². The maximum Gasteiger partial charge on any atom is 0.261 e. The Hall–Kier alpha value is -1.83. The third-order valence-electron chi connectivity index (χ3n) is 3.29. The Morgan fingerprint density at radius 2 is 1.84 bits per heavy atom. The van der Waals surface area contributed by atoms with E-state index < -0.39 is 10.0 Å². The fourth-order valence-corrected chi connectivity index (χ4v) is 3.57. The Bertz CT molecular complexity index is 841. The van der Waals surface area contributed by atoms with E-state index >= 15 is 0 Å². The molecule has 0 aliphatic rings. The van der Waals surface area contributed by atoms with Gasteiger partial charge in [-0.15, -0.1) is 0 Å². The number of rotatable bonds is 7. The van der Waals surface area contributed by atoms with Crippen LogP contribution in [0.2, 0.25) is 5.02 Å². The van der Waals surface area contributed by atoms with E-state index in [2.05, 4.69) is 22.3 Å². The van der Waals surface area contributed by atoms with Crippen molar-refractivity contribution in [1.82, 2.24) is 5.32 Å². The van der Waals surface area contributed by atoms with E-state index in [1.54, 1.807) is 36.4 Å². The standard InChI is InChI=1S/C17H20ClN3O2S2/c1-2-3-10-19-17(24)20-14-7-5-9-16(12-14)25(22,23)21-15-8-4-6-13(18)11-15/h4-9,11-12,21H,2-3,10H2,1H3,(H2,19,20,24). The zero-order valence-electron chi connectivity index (χ0n) is 13.8. The Kier molecular flexibility index (Phi) is 7.04. The summed E-state index contributed by atoms with van der Waals surface area (Å²) in [6, 6.07) is 13.0. The van der Waals surface area contributed by atoms with Crippen LogP contribution in [0.15, 0.2) is 53.4 Å². The lowest BCUT2D eigenvalue weighted by molar-refractivity contribution is 0.601. The van der Waals surface area contributed by atoms with Crippen molar-refractivity contribution in [1.29, 1.82) is 0 Å². The predicted molar refractivity (Wildman–Crippen MR) is 108 cm³/mol. The van der Waals surface area contributed by atoms with Crippen LogP contribution < -0.4 is 15.4 Å². The number of anilines is 2. The van der Waals surface area contributed by atoms with Gasteiger partial charge in [0.2, 0.25) is 0 Å². The summed E-state index contributed by atoms with van der Waals surface area (Å²) in [4.78, 5) is 0.133. The lowest BCUT2D eigenvalue weighted by atomic mass is 10.3. The minimum atomic E-state index is -3.72. The van der Waals surface area contributed by atoms with Crippen molar-refractivity contribution in [3.05, 3.63) is 53.6 Å². The molecule has 2 rings (SSSR count). The summed E-state index contributed by atoms with van der Waals surface area (Å²) in [6.45, 7) is 2.87. The summed E-state index contributed by atoms with van der Waals surface area (Å²) in [5, 5.41) is 6.99. The first-order valence-corrected chi connectivity index (χ1v) is 10.1. The molecule has 0 amide bonds. The Morgan fingerprint density at radius 3 is 2.56 bits per heavy atom. The maximum atomic E-state index is 12.5. The Morgan fingerprint density at radius 1 is 1.12 bits per heavy atom. The van der Waals surface area contributed by atoms with Crippen molar-refractivity contribution in [3.8, 4) is 0 Å². The van der Waals surface area contributed by atoms with Gasteiger partial charge in [-0.3, -0.25) is 4.72 Å². The largest absolute Gasteiger partial charge is 0.362 e. The molecule has 0 spiro atoms. The minimum Gasteiger partial charge on any atom is -0.362 e. The van der Waals surface area contributed by atoms with Crippen LogP contribution in [0.4, 0.5) is 11.4 Å². The molecule has 2 aromatic carbocycles. The van der Waals surface area contributed by atoms with Gasteiger partial charge in [0.25, 0.3) is 10.0 Å². The number of sulfonamides is 1. The highest BCUT2D eigenvalue weighted by Crippen LogP contribution is 2.21. The first-order valence-electron chi connectivity index (χ1n) is 7.84. The van der Waals surface area contributed by atoms with Gasteiger partial charge in [0.05, 0.1) is 10.6 Å². The van der Waals surface area contributed by atoms with Gasteiger partial charge < -0.3 is 10.6 Å². The first-order chi connectivity index (χ1) is 11.9. The van der Waals surface area contributed by atoms with Crippen LogP contribution in [0.25, 0.3) is 0 Å². The van der Waals surface area contributed by atoms with Crippen molar-refractivity contribution in [2.45, 2.75) is 24.7 Å². The second-order valence-corrected chi connectivity index (χ2v) is 7.91. The Balaban J connectivity index is 2.10. The monoisotopic (exact) mass is 397 g/mol. The van der Waals surface area contributed by atoms with Crippen molar-refractivity contribution in [2.24, 2.45) is 0 Å². The molecule has 8 heteroatoms. The molecule has 0 fully saturated rings. The van der Waals surface area contributed by atoms with Gasteiger partial charge >= 0.3 is 0 Å². The normalized spacial score (nSPS) is 11.0. The molecule has 0 radical (unpaired) electrons. The quantitative estimate of drug-likeness (QED) is 0.481. The van der Waals surface area contributed by atoms with Crippen molar-refractivity contribution in [2.75, 3.05) is 16.6 Å². The molecule has 0 aromatic heterocycles. The number of unbranched alkanes of at least 4 members (excludes halogenated alkanes) is 1. The van der Waals surface area contributed by atoms with Gasteiger partial charge in [0, 0.05) is 17.3 Å². The number of thiocarbonyl (C=S) groups is 1. The van der Waals surface area contributed by atoms with Gasteiger partial charge in [-0.2, -0.15) is 0 Å².